The van der Waals surface area contributed by atoms with Crippen molar-refractivity contribution in [2.75, 3.05) is 13.2 Å². The van der Waals surface area contributed by atoms with Crippen LogP contribution >= 0.6 is 0 Å². The quantitative estimate of drug-likeness (QED) is 0.0314. The number of carbonyl (C=O) groups is 2. The lowest BCUT2D eigenvalue weighted by atomic mass is 10.0. The molecule has 0 aromatic heterocycles. The van der Waals surface area contributed by atoms with E-state index in [-0.39, 0.29) is 25.2 Å². The molecule has 0 spiro atoms. The van der Waals surface area contributed by atoms with E-state index >= 15 is 0 Å². The average Bonchev–Trinajstić information content (AvgIpc) is 3.81. The summed E-state index contributed by atoms with van der Waals surface area (Å²) >= 11 is 0. The summed E-state index contributed by atoms with van der Waals surface area (Å²) in [5.74, 6) is 0.244. The third-order valence-electron chi connectivity index (χ3n) is 9.41. The zero-order valence-corrected chi connectivity index (χ0v) is 31.2. The molecular formula is C41H76O6. The Morgan fingerprint density at radius 1 is 0.660 bits per heavy atom. The van der Waals surface area contributed by atoms with Gasteiger partial charge in [-0.2, -0.15) is 0 Å². The molecule has 6 heteroatoms. The van der Waals surface area contributed by atoms with E-state index in [0.717, 1.165) is 57.3 Å². The van der Waals surface area contributed by atoms with E-state index in [1.807, 2.05) is 0 Å². The first-order chi connectivity index (χ1) is 23.0. The lowest BCUT2D eigenvalue weighted by Crippen LogP contribution is -2.28. The Kier molecular flexibility index (Phi) is 29.6. The predicted molar refractivity (Wildman–Crippen MR) is 196 cm³/mol. The summed E-state index contributed by atoms with van der Waals surface area (Å²) in [4.78, 5) is 24.3. The van der Waals surface area contributed by atoms with Crippen molar-refractivity contribution in [3.05, 3.63) is 12.2 Å². The van der Waals surface area contributed by atoms with E-state index < -0.39 is 6.10 Å². The van der Waals surface area contributed by atoms with Gasteiger partial charge in [0.1, 0.15) is 6.61 Å². The number of rotatable bonds is 35. The molecule has 47 heavy (non-hydrogen) atoms. The second-order valence-electron chi connectivity index (χ2n) is 14.6. The van der Waals surface area contributed by atoms with Crippen LogP contribution in [-0.2, 0) is 23.8 Å². The Labute approximate surface area is 290 Å². The molecule has 1 rings (SSSR count). The molecule has 1 fully saturated rings. The highest BCUT2D eigenvalue weighted by atomic mass is 16.6. The summed E-state index contributed by atoms with van der Waals surface area (Å²) in [6.07, 6.45) is 37.3. The number of epoxide rings is 1. The van der Waals surface area contributed by atoms with E-state index in [1.165, 1.54) is 116 Å². The van der Waals surface area contributed by atoms with Crippen LogP contribution in [0.4, 0.5) is 0 Å². The molecule has 0 radical (unpaired) electrons. The highest BCUT2D eigenvalue weighted by Crippen LogP contribution is 2.30. The summed E-state index contributed by atoms with van der Waals surface area (Å²) in [5.41, 5.74) is 0. The standard InChI is InChI=1S/C41H76O6/c1-4-5-24-30-38-39(47-38)31-26-21-17-14-15-18-22-27-32-40(43)45-35-37(34-42)46-41(44)33-28-23-19-13-11-9-7-6-8-10-12-16-20-25-29-36(2)3/h21,26,36-39,42H,4-20,22-25,27-35H2,1-3H3/b26-21-/t37-,38?,39?/m0/s1. The second kappa shape index (κ2) is 31.8. The fourth-order valence-electron chi connectivity index (χ4n) is 6.22. The highest BCUT2D eigenvalue weighted by molar-refractivity contribution is 5.70. The molecule has 1 aliphatic rings. The van der Waals surface area contributed by atoms with Crippen molar-refractivity contribution < 1.29 is 28.9 Å². The fraction of sp³-hybridized carbons (Fsp3) is 0.902. The van der Waals surface area contributed by atoms with Crippen LogP contribution in [0.1, 0.15) is 201 Å². The lowest BCUT2D eigenvalue weighted by molar-refractivity contribution is -0.161. The summed E-state index contributed by atoms with van der Waals surface area (Å²) in [5, 5.41) is 9.56. The van der Waals surface area contributed by atoms with Crippen LogP contribution < -0.4 is 0 Å². The number of aliphatic hydroxyl groups is 1. The highest BCUT2D eigenvalue weighted by Gasteiger charge is 2.36. The molecule has 0 amide bonds. The van der Waals surface area contributed by atoms with Gasteiger partial charge in [0, 0.05) is 12.8 Å². The number of allylic oxidation sites excluding steroid dienone is 1. The van der Waals surface area contributed by atoms with Gasteiger partial charge in [-0.1, -0.05) is 161 Å². The van der Waals surface area contributed by atoms with E-state index in [0.29, 0.717) is 25.0 Å². The van der Waals surface area contributed by atoms with E-state index in [2.05, 4.69) is 32.9 Å². The van der Waals surface area contributed by atoms with Crippen LogP contribution in [0.15, 0.2) is 12.2 Å². The predicted octanol–water partition coefficient (Wildman–Crippen LogP) is 11.4. The number of carbonyl (C=O) groups excluding carboxylic acids is 2. The first-order valence-electron chi connectivity index (χ1n) is 20.2. The molecule has 0 bridgehead atoms. The zero-order valence-electron chi connectivity index (χ0n) is 31.2. The summed E-state index contributed by atoms with van der Waals surface area (Å²) in [6, 6.07) is 0. The van der Waals surface area contributed by atoms with Crippen LogP contribution in [0.3, 0.4) is 0 Å². The van der Waals surface area contributed by atoms with Crippen LogP contribution in [-0.4, -0.2) is 48.6 Å². The van der Waals surface area contributed by atoms with E-state index in [1.54, 1.807) is 0 Å². The van der Waals surface area contributed by atoms with Crippen molar-refractivity contribution in [3.8, 4) is 0 Å². The zero-order chi connectivity index (χ0) is 34.2. The van der Waals surface area contributed by atoms with Gasteiger partial charge in [0.15, 0.2) is 6.10 Å². The van der Waals surface area contributed by atoms with E-state index in [4.69, 9.17) is 14.2 Å². The van der Waals surface area contributed by atoms with Gasteiger partial charge in [-0.3, -0.25) is 9.59 Å². The topological polar surface area (TPSA) is 85.4 Å². The Morgan fingerprint density at radius 3 is 1.74 bits per heavy atom. The Bertz CT molecular complexity index is 750. The van der Waals surface area contributed by atoms with Gasteiger partial charge < -0.3 is 19.3 Å². The van der Waals surface area contributed by atoms with Crippen LogP contribution in [0, 0.1) is 5.92 Å². The van der Waals surface area contributed by atoms with Crippen molar-refractivity contribution in [2.45, 2.75) is 219 Å². The van der Waals surface area contributed by atoms with Gasteiger partial charge in [0.25, 0.3) is 0 Å². The maximum Gasteiger partial charge on any atom is 0.306 e. The second-order valence-corrected chi connectivity index (χ2v) is 14.6. The molecule has 3 atom stereocenters. The lowest BCUT2D eigenvalue weighted by Gasteiger charge is -2.15. The van der Waals surface area contributed by atoms with E-state index in [9.17, 15) is 14.7 Å². The molecule has 0 aromatic rings. The van der Waals surface area contributed by atoms with Gasteiger partial charge in [0.05, 0.1) is 18.8 Å². The average molecular weight is 665 g/mol. The summed E-state index contributed by atoms with van der Waals surface area (Å²) < 4.78 is 16.3. The molecule has 6 nitrogen and oxygen atoms in total. The van der Waals surface area contributed by atoms with Crippen molar-refractivity contribution in [3.63, 3.8) is 0 Å². The number of unbranched alkanes of at least 4 members (excludes halogenated alkanes) is 20. The van der Waals surface area contributed by atoms with Gasteiger partial charge in [-0.05, 0) is 44.4 Å². The molecule has 1 aliphatic heterocycles. The first-order valence-corrected chi connectivity index (χ1v) is 20.2. The van der Waals surface area contributed by atoms with Crippen molar-refractivity contribution in [1.82, 2.24) is 0 Å². The molecule has 1 N–H and O–H groups in total. The van der Waals surface area contributed by atoms with Gasteiger partial charge in [-0.25, -0.2) is 0 Å². The smallest absolute Gasteiger partial charge is 0.306 e. The van der Waals surface area contributed by atoms with Gasteiger partial charge in [-0.15, -0.1) is 0 Å². The summed E-state index contributed by atoms with van der Waals surface area (Å²) in [7, 11) is 0. The normalized spacial score (nSPS) is 16.6. The molecule has 276 valence electrons. The molecule has 1 heterocycles. The van der Waals surface area contributed by atoms with Crippen LogP contribution in [0.25, 0.3) is 0 Å². The van der Waals surface area contributed by atoms with Gasteiger partial charge >= 0.3 is 11.9 Å². The largest absolute Gasteiger partial charge is 0.462 e. The number of aliphatic hydroxyl groups excluding tert-OH is 1. The maximum absolute atomic E-state index is 12.2. The third kappa shape index (κ3) is 29.3. The van der Waals surface area contributed by atoms with Crippen LogP contribution in [0.5, 0.6) is 0 Å². The minimum absolute atomic E-state index is 0.0723. The molecular weight excluding hydrogens is 588 g/mol. The third-order valence-corrected chi connectivity index (χ3v) is 9.41. The van der Waals surface area contributed by atoms with Crippen molar-refractivity contribution >= 4 is 11.9 Å². The molecule has 0 aliphatic carbocycles. The Balaban J connectivity index is 1.86. The maximum atomic E-state index is 12.2. The summed E-state index contributed by atoms with van der Waals surface area (Å²) in [6.45, 7) is 6.46. The number of hydrogen-bond donors (Lipinski definition) is 1. The fourth-order valence-corrected chi connectivity index (χ4v) is 6.22. The van der Waals surface area contributed by atoms with Crippen LogP contribution in [0.2, 0.25) is 0 Å². The minimum Gasteiger partial charge on any atom is -0.462 e. The molecule has 0 saturated carbocycles. The SMILES string of the molecule is CCCCCC1OC1C/C=C\CCCCCCCC(=O)OC[C@H](CO)OC(=O)CCCCCCCCCCCCCCCCC(C)C. The van der Waals surface area contributed by atoms with Crippen molar-refractivity contribution in [1.29, 1.82) is 0 Å². The Hall–Kier alpha value is -1.40. The monoisotopic (exact) mass is 665 g/mol. The Morgan fingerprint density at radius 2 is 1.19 bits per heavy atom. The number of hydrogen-bond acceptors (Lipinski definition) is 6. The van der Waals surface area contributed by atoms with Gasteiger partial charge in [0.2, 0.25) is 0 Å². The van der Waals surface area contributed by atoms with Crippen molar-refractivity contribution in [2.24, 2.45) is 5.92 Å². The number of esters is 2. The molecule has 0 aromatic carbocycles. The first kappa shape index (κ1) is 43.6. The molecule has 1 saturated heterocycles. The molecule has 2 unspecified atom stereocenters. The minimum atomic E-state index is -0.775. The number of ether oxygens (including phenoxy) is 3.